The molecule has 0 saturated heterocycles. The number of anilines is 1. The van der Waals surface area contributed by atoms with Crippen molar-refractivity contribution in [2.45, 2.75) is 18.4 Å². The fraction of sp³-hybridized carbons (Fsp3) is 0.154. The average Bonchev–Trinajstić information content (AvgIpc) is 2.40. The van der Waals surface area contributed by atoms with Crippen LogP contribution in [-0.4, -0.2) is 13.4 Å². The number of aryl methyl sites for hydroxylation is 1. The summed E-state index contributed by atoms with van der Waals surface area (Å²) in [5, 5.41) is 0.210. The zero-order valence-corrected chi connectivity index (χ0v) is 12.4. The Morgan fingerprint density at radius 1 is 1.30 bits per heavy atom. The normalized spacial score (nSPS) is 11.5. The van der Waals surface area contributed by atoms with E-state index >= 15 is 0 Å². The number of pyridine rings is 1. The summed E-state index contributed by atoms with van der Waals surface area (Å²) in [6, 6.07) is 9.62. The van der Waals surface area contributed by atoms with Crippen LogP contribution in [0.15, 0.2) is 41.3 Å². The zero-order valence-electron chi connectivity index (χ0n) is 10.8. The van der Waals surface area contributed by atoms with Crippen LogP contribution in [0.4, 0.5) is 5.69 Å². The van der Waals surface area contributed by atoms with Gasteiger partial charge in [0.1, 0.15) is 0 Å². The highest BCUT2D eigenvalue weighted by molar-refractivity contribution is 7.89. The third-order valence-electron chi connectivity index (χ3n) is 2.67. The summed E-state index contributed by atoms with van der Waals surface area (Å²) in [5.41, 5.74) is 7.37. The van der Waals surface area contributed by atoms with Crippen LogP contribution < -0.4 is 10.5 Å². The molecule has 1 heterocycles. The van der Waals surface area contributed by atoms with Crippen molar-refractivity contribution in [1.82, 2.24) is 9.71 Å². The van der Waals surface area contributed by atoms with Crippen molar-refractivity contribution in [2.75, 3.05) is 5.73 Å². The Balaban J connectivity index is 2.17. The molecule has 2 rings (SSSR count). The molecule has 1 aromatic carbocycles. The smallest absolute Gasteiger partial charge is 0.240 e. The summed E-state index contributed by atoms with van der Waals surface area (Å²) < 4.78 is 26.7. The fourth-order valence-corrected chi connectivity index (χ4v) is 2.90. The van der Waals surface area contributed by atoms with Crippen molar-refractivity contribution in [2.24, 2.45) is 0 Å². The Morgan fingerprint density at radius 3 is 2.70 bits per heavy atom. The number of sulfonamides is 1. The standard InChI is InChI=1S/C13H14ClN3O2S/c1-9-3-2-4-10(17-9)8-16-20(18,19)11-5-6-13(15)12(14)7-11/h2-7,16H,8,15H2,1H3. The fourth-order valence-electron chi connectivity index (χ4n) is 1.63. The van der Waals surface area contributed by atoms with Crippen molar-refractivity contribution >= 4 is 27.3 Å². The van der Waals surface area contributed by atoms with Gasteiger partial charge in [-0.3, -0.25) is 4.98 Å². The first-order valence-corrected chi connectivity index (χ1v) is 7.72. The molecule has 0 radical (unpaired) electrons. The third kappa shape index (κ3) is 3.47. The second-order valence-electron chi connectivity index (χ2n) is 4.28. The molecule has 0 saturated carbocycles. The van der Waals surface area contributed by atoms with E-state index in [9.17, 15) is 8.42 Å². The van der Waals surface area contributed by atoms with Crippen LogP contribution in [0.25, 0.3) is 0 Å². The van der Waals surface area contributed by atoms with Gasteiger partial charge >= 0.3 is 0 Å². The lowest BCUT2D eigenvalue weighted by atomic mass is 10.3. The SMILES string of the molecule is Cc1cccc(CNS(=O)(=O)c2ccc(N)c(Cl)c2)n1. The number of hydrogen-bond donors (Lipinski definition) is 2. The molecule has 0 fully saturated rings. The van der Waals surface area contributed by atoms with Gasteiger partial charge in [0.15, 0.2) is 0 Å². The maximum atomic E-state index is 12.1. The molecule has 7 heteroatoms. The van der Waals surface area contributed by atoms with Gasteiger partial charge in [-0.2, -0.15) is 0 Å². The Morgan fingerprint density at radius 2 is 2.05 bits per heavy atom. The number of aromatic nitrogens is 1. The van der Waals surface area contributed by atoms with Gasteiger partial charge in [0.2, 0.25) is 10.0 Å². The summed E-state index contributed by atoms with van der Waals surface area (Å²) in [6.45, 7) is 1.96. The molecule has 2 aromatic rings. The van der Waals surface area contributed by atoms with E-state index in [-0.39, 0.29) is 16.5 Å². The summed E-state index contributed by atoms with van der Waals surface area (Å²) in [6.07, 6.45) is 0. The van der Waals surface area contributed by atoms with Crippen LogP contribution in [0.1, 0.15) is 11.4 Å². The summed E-state index contributed by atoms with van der Waals surface area (Å²) in [5.74, 6) is 0. The summed E-state index contributed by atoms with van der Waals surface area (Å²) in [4.78, 5) is 4.30. The lowest BCUT2D eigenvalue weighted by Crippen LogP contribution is -2.23. The van der Waals surface area contributed by atoms with Crippen molar-refractivity contribution in [3.8, 4) is 0 Å². The number of hydrogen-bond acceptors (Lipinski definition) is 4. The maximum absolute atomic E-state index is 12.1. The number of rotatable bonds is 4. The molecule has 0 atom stereocenters. The van der Waals surface area contributed by atoms with Crippen LogP contribution in [0.5, 0.6) is 0 Å². The molecular weight excluding hydrogens is 298 g/mol. The predicted octanol–water partition coefficient (Wildman–Crippen LogP) is 2.10. The molecular formula is C13H14ClN3O2S. The van der Waals surface area contributed by atoms with Crippen molar-refractivity contribution in [1.29, 1.82) is 0 Å². The lowest BCUT2D eigenvalue weighted by molar-refractivity contribution is 0.580. The number of nitrogens with zero attached hydrogens (tertiary/aromatic N) is 1. The minimum Gasteiger partial charge on any atom is -0.398 e. The Hall–Kier alpha value is -1.63. The molecule has 0 aliphatic carbocycles. The van der Waals surface area contributed by atoms with Gasteiger partial charge in [-0.15, -0.1) is 0 Å². The van der Waals surface area contributed by atoms with Gasteiger partial charge in [0, 0.05) is 5.69 Å². The molecule has 0 aliphatic heterocycles. The lowest BCUT2D eigenvalue weighted by Gasteiger charge is -2.08. The topological polar surface area (TPSA) is 85.1 Å². The van der Waals surface area contributed by atoms with E-state index < -0.39 is 10.0 Å². The van der Waals surface area contributed by atoms with Crippen molar-refractivity contribution in [3.05, 3.63) is 52.8 Å². The van der Waals surface area contributed by atoms with E-state index in [1.165, 1.54) is 18.2 Å². The highest BCUT2D eigenvalue weighted by Crippen LogP contribution is 2.22. The first-order chi connectivity index (χ1) is 9.38. The van der Waals surface area contributed by atoms with E-state index in [0.29, 0.717) is 11.4 Å². The minimum atomic E-state index is -3.64. The van der Waals surface area contributed by atoms with E-state index in [1.807, 2.05) is 19.1 Å². The molecule has 1 aromatic heterocycles. The average molecular weight is 312 g/mol. The first-order valence-electron chi connectivity index (χ1n) is 5.86. The van der Waals surface area contributed by atoms with Gasteiger partial charge in [-0.25, -0.2) is 13.1 Å². The summed E-state index contributed by atoms with van der Waals surface area (Å²) in [7, 11) is -3.64. The number of halogens is 1. The molecule has 0 bridgehead atoms. The van der Waals surface area contributed by atoms with Crippen molar-refractivity contribution in [3.63, 3.8) is 0 Å². The monoisotopic (exact) mass is 311 g/mol. The van der Waals surface area contributed by atoms with E-state index in [2.05, 4.69) is 9.71 Å². The van der Waals surface area contributed by atoms with Crippen LogP contribution in [0, 0.1) is 6.92 Å². The molecule has 20 heavy (non-hydrogen) atoms. The molecule has 5 nitrogen and oxygen atoms in total. The number of nitrogen functional groups attached to an aromatic ring is 1. The quantitative estimate of drug-likeness (QED) is 0.847. The van der Waals surface area contributed by atoms with Crippen LogP contribution in [-0.2, 0) is 16.6 Å². The molecule has 0 spiro atoms. The van der Waals surface area contributed by atoms with Gasteiger partial charge in [-0.05, 0) is 37.3 Å². The van der Waals surface area contributed by atoms with Crippen molar-refractivity contribution < 1.29 is 8.42 Å². The number of nitrogens with one attached hydrogen (secondary N) is 1. The first kappa shape index (κ1) is 14.8. The number of benzene rings is 1. The molecule has 3 N–H and O–H groups in total. The van der Waals surface area contributed by atoms with Gasteiger partial charge in [-0.1, -0.05) is 17.7 Å². The van der Waals surface area contributed by atoms with Gasteiger partial charge in [0.25, 0.3) is 0 Å². The highest BCUT2D eigenvalue weighted by Gasteiger charge is 2.15. The second-order valence-corrected chi connectivity index (χ2v) is 6.45. The third-order valence-corrected chi connectivity index (χ3v) is 4.40. The van der Waals surface area contributed by atoms with Crippen LogP contribution in [0.2, 0.25) is 5.02 Å². The van der Waals surface area contributed by atoms with E-state index in [4.69, 9.17) is 17.3 Å². The predicted molar refractivity (Wildman–Crippen MR) is 78.9 cm³/mol. The molecule has 0 amide bonds. The number of nitrogens with two attached hydrogens (primary N) is 1. The molecule has 0 aliphatic rings. The largest absolute Gasteiger partial charge is 0.398 e. The second kappa shape index (κ2) is 5.78. The van der Waals surface area contributed by atoms with Gasteiger partial charge < -0.3 is 5.73 Å². The Kier molecular flexibility index (Phi) is 4.27. The van der Waals surface area contributed by atoms with Gasteiger partial charge in [0.05, 0.1) is 27.8 Å². The highest BCUT2D eigenvalue weighted by atomic mass is 35.5. The molecule has 106 valence electrons. The maximum Gasteiger partial charge on any atom is 0.240 e. The zero-order chi connectivity index (χ0) is 14.8. The van der Waals surface area contributed by atoms with E-state index in [0.717, 1.165) is 5.69 Å². The Labute approximate surface area is 122 Å². The minimum absolute atomic E-state index is 0.0735. The van der Waals surface area contributed by atoms with Crippen LogP contribution in [0.3, 0.4) is 0 Å². The van der Waals surface area contributed by atoms with Crippen LogP contribution >= 0.6 is 11.6 Å². The van der Waals surface area contributed by atoms with E-state index in [1.54, 1.807) is 6.07 Å². The Bertz CT molecular complexity index is 732. The molecule has 0 unspecified atom stereocenters. The summed E-state index contributed by atoms with van der Waals surface area (Å²) >= 11 is 5.83.